The average molecular weight is 397 g/mol. The Morgan fingerprint density at radius 1 is 1.37 bits per heavy atom. The van der Waals surface area contributed by atoms with E-state index in [0.29, 0.717) is 13.1 Å². The van der Waals surface area contributed by atoms with Gasteiger partial charge in [0.15, 0.2) is 0 Å². The molecule has 3 unspecified atom stereocenters. The third kappa shape index (κ3) is 3.44. The normalized spacial score (nSPS) is 25.4. The molecule has 9 nitrogen and oxygen atoms in total. The van der Waals surface area contributed by atoms with Crippen LogP contribution in [0.3, 0.4) is 0 Å². The highest BCUT2D eigenvalue weighted by atomic mass is 32.2. The highest BCUT2D eigenvalue weighted by molar-refractivity contribution is 7.89. The van der Waals surface area contributed by atoms with Crippen LogP contribution in [0.4, 0.5) is 5.69 Å². The maximum absolute atomic E-state index is 13.1. The first-order valence-corrected chi connectivity index (χ1v) is 10.3. The molecule has 1 saturated heterocycles. The fourth-order valence-electron chi connectivity index (χ4n) is 4.04. The predicted molar refractivity (Wildman–Crippen MR) is 96.7 cm³/mol. The Hall–Kier alpha value is -2.04. The van der Waals surface area contributed by atoms with E-state index in [9.17, 15) is 23.3 Å². The van der Waals surface area contributed by atoms with Gasteiger partial charge in [-0.05, 0) is 44.6 Å². The number of rotatable bonds is 5. The van der Waals surface area contributed by atoms with Crippen LogP contribution in [-0.4, -0.2) is 49.4 Å². The number of esters is 1. The van der Waals surface area contributed by atoms with Crippen LogP contribution in [0.15, 0.2) is 17.0 Å². The van der Waals surface area contributed by atoms with E-state index >= 15 is 0 Å². The van der Waals surface area contributed by atoms with Gasteiger partial charge >= 0.3 is 5.97 Å². The molecule has 10 heteroatoms. The molecule has 0 bridgehead atoms. The van der Waals surface area contributed by atoms with Crippen LogP contribution in [0.2, 0.25) is 0 Å². The Kier molecular flexibility index (Phi) is 5.24. The van der Waals surface area contributed by atoms with E-state index in [-0.39, 0.29) is 40.5 Å². The molecule has 3 rings (SSSR count). The Bertz CT molecular complexity index is 885. The van der Waals surface area contributed by atoms with Gasteiger partial charge in [-0.1, -0.05) is 0 Å². The summed E-state index contributed by atoms with van der Waals surface area (Å²) in [5.74, 6) is -0.472. The number of nitro benzene ring substituents is 1. The number of carbonyl (C=O) groups excluding carboxylic acids is 1. The summed E-state index contributed by atoms with van der Waals surface area (Å²) < 4.78 is 32.5. The molecule has 2 aliphatic rings. The van der Waals surface area contributed by atoms with E-state index in [1.807, 2.05) is 0 Å². The Morgan fingerprint density at radius 2 is 2.07 bits per heavy atom. The molecule has 2 N–H and O–H groups in total. The van der Waals surface area contributed by atoms with E-state index in [1.54, 1.807) is 6.92 Å². The molecule has 1 aliphatic heterocycles. The Morgan fingerprint density at radius 3 is 2.67 bits per heavy atom. The zero-order valence-corrected chi connectivity index (χ0v) is 16.1. The van der Waals surface area contributed by atoms with Gasteiger partial charge < -0.3 is 10.5 Å². The summed E-state index contributed by atoms with van der Waals surface area (Å²) in [6.45, 7) is 3.73. The Labute approximate surface area is 157 Å². The van der Waals surface area contributed by atoms with Crippen LogP contribution in [0.25, 0.3) is 0 Å². The number of ether oxygens (including phenoxy) is 1. The summed E-state index contributed by atoms with van der Waals surface area (Å²) >= 11 is 0. The molecule has 3 atom stereocenters. The van der Waals surface area contributed by atoms with Crippen LogP contribution < -0.4 is 5.73 Å². The summed E-state index contributed by atoms with van der Waals surface area (Å²) in [6.07, 6.45) is 1.76. The first-order chi connectivity index (χ1) is 12.7. The molecule has 27 heavy (non-hydrogen) atoms. The second kappa shape index (κ2) is 7.17. The highest BCUT2D eigenvalue weighted by Gasteiger charge is 2.45. The van der Waals surface area contributed by atoms with Crippen molar-refractivity contribution in [3.05, 3.63) is 33.4 Å². The molecule has 1 aromatic carbocycles. The molecule has 0 spiro atoms. The molecular weight excluding hydrogens is 374 g/mol. The SMILES string of the molecule is CCOC(=O)c1cc(S(=O)(=O)N2CC3CCC(N)C3C2)cc([N+](=O)[O-])c1C. The summed E-state index contributed by atoms with van der Waals surface area (Å²) in [6, 6.07) is 2.16. The number of sulfonamides is 1. The number of fused-ring (bicyclic) bond motifs is 1. The standard InChI is InChI=1S/C17H23N3O6S/c1-3-26-17(21)13-6-12(7-16(10(13)2)20(22)23)27(24,25)19-8-11-4-5-15(18)14(11)9-19/h6-7,11,14-15H,3-5,8-9,18H2,1-2H3. The van der Waals surface area contributed by atoms with E-state index in [4.69, 9.17) is 10.5 Å². The third-order valence-corrected chi connectivity index (χ3v) is 7.37. The first kappa shape index (κ1) is 19.7. The van der Waals surface area contributed by atoms with E-state index in [1.165, 1.54) is 17.3 Å². The van der Waals surface area contributed by atoms with Crippen LogP contribution >= 0.6 is 0 Å². The first-order valence-electron chi connectivity index (χ1n) is 8.88. The molecule has 1 saturated carbocycles. The van der Waals surface area contributed by atoms with Gasteiger partial charge in [0.2, 0.25) is 10.0 Å². The summed E-state index contributed by atoms with van der Waals surface area (Å²) in [5.41, 5.74) is 5.62. The van der Waals surface area contributed by atoms with Crippen molar-refractivity contribution in [2.24, 2.45) is 17.6 Å². The second-order valence-corrected chi connectivity index (χ2v) is 9.02. The van der Waals surface area contributed by atoms with Gasteiger partial charge in [0, 0.05) is 30.8 Å². The van der Waals surface area contributed by atoms with Crippen LogP contribution in [0, 0.1) is 28.9 Å². The monoisotopic (exact) mass is 397 g/mol. The van der Waals surface area contributed by atoms with Gasteiger partial charge in [-0.25, -0.2) is 13.2 Å². The van der Waals surface area contributed by atoms with Crippen LogP contribution in [-0.2, 0) is 14.8 Å². The number of hydrogen-bond acceptors (Lipinski definition) is 7. The average Bonchev–Trinajstić information content (AvgIpc) is 3.17. The fourth-order valence-corrected chi connectivity index (χ4v) is 5.63. The molecule has 0 amide bonds. The minimum Gasteiger partial charge on any atom is -0.462 e. The van der Waals surface area contributed by atoms with E-state index in [2.05, 4.69) is 0 Å². The third-order valence-electron chi connectivity index (χ3n) is 5.56. The fraction of sp³-hybridized carbons (Fsp3) is 0.588. The lowest BCUT2D eigenvalue weighted by molar-refractivity contribution is -0.385. The lowest BCUT2D eigenvalue weighted by Crippen LogP contribution is -2.33. The molecule has 2 fully saturated rings. The molecule has 1 heterocycles. The van der Waals surface area contributed by atoms with Gasteiger partial charge in [-0.3, -0.25) is 10.1 Å². The minimum atomic E-state index is -3.98. The van der Waals surface area contributed by atoms with Crippen molar-refractivity contribution >= 4 is 21.7 Å². The minimum absolute atomic E-state index is 0.0300. The summed E-state index contributed by atoms with van der Waals surface area (Å²) in [7, 11) is -3.98. The van der Waals surface area contributed by atoms with Gasteiger partial charge in [0.05, 0.1) is 22.0 Å². The molecule has 0 aromatic heterocycles. The summed E-state index contributed by atoms with van der Waals surface area (Å²) in [5, 5.41) is 11.4. The largest absolute Gasteiger partial charge is 0.462 e. The number of nitrogens with zero attached hydrogens (tertiary/aromatic N) is 2. The van der Waals surface area contributed by atoms with E-state index < -0.39 is 26.6 Å². The number of benzene rings is 1. The topological polar surface area (TPSA) is 133 Å². The van der Waals surface area contributed by atoms with Crippen molar-refractivity contribution in [1.29, 1.82) is 0 Å². The quantitative estimate of drug-likeness (QED) is 0.451. The van der Waals surface area contributed by atoms with Gasteiger partial charge in [-0.2, -0.15) is 4.31 Å². The van der Waals surface area contributed by atoms with Crippen LogP contribution in [0.1, 0.15) is 35.7 Å². The van der Waals surface area contributed by atoms with Crippen molar-refractivity contribution < 1.29 is 22.9 Å². The molecular formula is C17H23N3O6S. The lowest BCUT2D eigenvalue weighted by Gasteiger charge is -2.19. The van der Waals surface area contributed by atoms with Gasteiger partial charge in [0.25, 0.3) is 5.69 Å². The zero-order chi connectivity index (χ0) is 19.9. The number of nitro groups is 1. The van der Waals surface area contributed by atoms with Gasteiger partial charge in [-0.15, -0.1) is 0 Å². The van der Waals surface area contributed by atoms with Crippen molar-refractivity contribution in [3.63, 3.8) is 0 Å². The van der Waals surface area contributed by atoms with Gasteiger partial charge in [0.1, 0.15) is 0 Å². The molecule has 0 radical (unpaired) electrons. The second-order valence-electron chi connectivity index (χ2n) is 7.08. The van der Waals surface area contributed by atoms with Crippen molar-refractivity contribution in [3.8, 4) is 0 Å². The maximum Gasteiger partial charge on any atom is 0.338 e. The van der Waals surface area contributed by atoms with E-state index in [0.717, 1.165) is 18.9 Å². The highest BCUT2D eigenvalue weighted by Crippen LogP contribution is 2.40. The van der Waals surface area contributed by atoms with Crippen molar-refractivity contribution in [2.75, 3.05) is 19.7 Å². The number of hydrogen-bond donors (Lipinski definition) is 1. The number of carbonyl (C=O) groups is 1. The maximum atomic E-state index is 13.1. The van der Waals surface area contributed by atoms with Crippen LogP contribution in [0.5, 0.6) is 0 Å². The van der Waals surface area contributed by atoms with Crippen molar-refractivity contribution in [1.82, 2.24) is 4.31 Å². The molecule has 1 aromatic rings. The number of nitrogens with two attached hydrogens (primary N) is 1. The molecule has 1 aliphatic carbocycles. The zero-order valence-electron chi connectivity index (χ0n) is 15.3. The lowest BCUT2D eigenvalue weighted by atomic mass is 9.98. The Balaban J connectivity index is 2.02. The smallest absolute Gasteiger partial charge is 0.338 e. The predicted octanol–water partition coefficient (Wildman–Crippen LogP) is 1.44. The molecule has 148 valence electrons. The summed E-state index contributed by atoms with van der Waals surface area (Å²) in [4.78, 5) is 22.6. The van der Waals surface area contributed by atoms with Crippen molar-refractivity contribution in [2.45, 2.75) is 37.6 Å².